The van der Waals surface area contributed by atoms with E-state index >= 15 is 0 Å². The number of pyridine rings is 1. The molecule has 0 radical (unpaired) electrons. The molecule has 0 saturated carbocycles. The van der Waals surface area contributed by atoms with Gasteiger partial charge in [-0.3, -0.25) is 4.98 Å². The van der Waals surface area contributed by atoms with Crippen LogP contribution in [-0.4, -0.2) is 24.2 Å². The highest BCUT2D eigenvalue weighted by atomic mass is 16.5. The lowest BCUT2D eigenvalue weighted by atomic mass is 9.90. The normalized spacial score (nSPS) is 23.7. The van der Waals surface area contributed by atoms with E-state index in [1.807, 2.05) is 12.3 Å². The van der Waals surface area contributed by atoms with Crippen LogP contribution in [0.5, 0.6) is 0 Å². The second-order valence-corrected chi connectivity index (χ2v) is 4.03. The van der Waals surface area contributed by atoms with E-state index in [-0.39, 0.29) is 6.10 Å². The van der Waals surface area contributed by atoms with Crippen LogP contribution in [0.25, 0.3) is 0 Å². The second-order valence-electron chi connectivity index (χ2n) is 4.03. The van der Waals surface area contributed by atoms with Crippen molar-refractivity contribution < 1.29 is 4.74 Å². The Morgan fingerprint density at radius 3 is 3.07 bits per heavy atom. The zero-order valence-corrected chi connectivity index (χ0v) is 8.93. The fraction of sp³-hybridized carbons (Fsp3) is 0.583. The summed E-state index contributed by atoms with van der Waals surface area (Å²) in [7, 11) is 0. The summed E-state index contributed by atoms with van der Waals surface area (Å²) >= 11 is 0. The van der Waals surface area contributed by atoms with Crippen molar-refractivity contribution in [3.05, 3.63) is 30.1 Å². The molecule has 1 saturated heterocycles. The van der Waals surface area contributed by atoms with Gasteiger partial charge in [0.25, 0.3) is 0 Å². The summed E-state index contributed by atoms with van der Waals surface area (Å²) in [6.45, 7) is 1.51. The van der Waals surface area contributed by atoms with Crippen molar-refractivity contribution in [3.8, 4) is 0 Å². The molecule has 1 aromatic rings. The highest BCUT2D eigenvalue weighted by molar-refractivity contribution is 5.17. The van der Waals surface area contributed by atoms with E-state index in [1.165, 1.54) is 18.4 Å². The van der Waals surface area contributed by atoms with Crippen LogP contribution < -0.4 is 5.73 Å². The van der Waals surface area contributed by atoms with Crippen molar-refractivity contribution in [2.75, 3.05) is 13.2 Å². The van der Waals surface area contributed by atoms with Gasteiger partial charge in [0.15, 0.2) is 0 Å². The van der Waals surface area contributed by atoms with Gasteiger partial charge in [-0.25, -0.2) is 0 Å². The number of rotatable bonds is 3. The molecule has 2 N–H and O–H groups in total. The monoisotopic (exact) mass is 206 g/mol. The third kappa shape index (κ3) is 2.55. The van der Waals surface area contributed by atoms with Gasteiger partial charge in [-0.15, -0.1) is 0 Å². The summed E-state index contributed by atoms with van der Waals surface area (Å²) in [5.74, 6) is 0.305. The van der Waals surface area contributed by atoms with Crippen molar-refractivity contribution >= 4 is 0 Å². The Morgan fingerprint density at radius 1 is 1.53 bits per heavy atom. The first kappa shape index (κ1) is 10.6. The smallest absolute Gasteiger partial charge is 0.0656 e. The van der Waals surface area contributed by atoms with Crippen LogP contribution in [0.3, 0.4) is 0 Å². The molecule has 3 heteroatoms. The SMILES string of the molecule is NCC(c1cccnc1)C1CCCCO1. The molecule has 1 aliphatic rings. The lowest BCUT2D eigenvalue weighted by Gasteiger charge is -2.29. The van der Waals surface area contributed by atoms with Crippen molar-refractivity contribution in [3.63, 3.8) is 0 Å². The van der Waals surface area contributed by atoms with Gasteiger partial charge in [-0.1, -0.05) is 6.07 Å². The van der Waals surface area contributed by atoms with Crippen molar-refractivity contribution in [1.82, 2.24) is 4.98 Å². The fourth-order valence-electron chi connectivity index (χ4n) is 2.18. The van der Waals surface area contributed by atoms with E-state index in [0.717, 1.165) is 13.0 Å². The molecule has 1 aromatic heterocycles. The lowest BCUT2D eigenvalue weighted by molar-refractivity contribution is 0.000522. The highest BCUT2D eigenvalue weighted by Gasteiger charge is 2.24. The molecule has 0 spiro atoms. The minimum absolute atomic E-state index is 0.285. The molecular weight excluding hydrogens is 188 g/mol. The number of aromatic nitrogens is 1. The molecule has 15 heavy (non-hydrogen) atoms. The van der Waals surface area contributed by atoms with Crippen molar-refractivity contribution in [2.24, 2.45) is 5.73 Å². The van der Waals surface area contributed by atoms with Crippen molar-refractivity contribution in [2.45, 2.75) is 31.3 Å². The third-order valence-electron chi connectivity index (χ3n) is 3.03. The largest absolute Gasteiger partial charge is 0.378 e. The molecule has 82 valence electrons. The molecule has 2 unspecified atom stereocenters. The van der Waals surface area contributed by atoms with E-state index in [0.29, 0.717) is 12.5 Å². The topological polar surface area (TPSA) is 48.1 Å². The number of nitrogens with zero attached hydrogens (tertiary/aromatic N) is 1. The number of hydrogen-bond acceptors (Lipinski definition) is 3. The zero-order valence-electron chi connectivity index (χ0n) is 8.93. The van der Waals surface area contributed by atoms with Gasteiger partial charge in [0.1, 0.15) is 0 Å². The number of hydrogen-bond donors (Lipinski definition) is 1. The quantitative estimate of drug-likeness (QED) is 0.818. The molecule has 1 aliphatic heterocycles. The van der Waals surface area contributed by atoms with Crippen molar-refractivity contribution in [1.29, 1.82) is 0 Å². The maximum Gasteiger partial charge on any atom is 0.0656 e. The van der Waals surface area contributed by atoms with Crippen LogP contribution in [0, 0.1) is 0 Å². The van der Waals surface area contributed by atoms with E-state index in [2.05, 4.69) is 11.1 Å². The minimum Gasteiger partial charge on any atom is -0.378 e. The summed E-state index contributed by atoms with van der Waals surface area (Å²) in [6.07, 6.45) is 7.53. The van der Waals surface area contributed by atoms with E-state index in [4.69, 9.17) is 10.5 Å². The Morgan fingerprint density at radius 2 is 2.47 bits per heavy atom. The van der Waals surface area contributed by atoms with E-state index in [1.54, 1.807) is 6.20 Å². The third-order valence-corrected chi connectivity index (χ3v) is 3.03. The zero-order chi connectivity index (χ0) is 10.5. The summed E-state index contributed by atoms with van der Waals surface area (Å²) in [6, 6.07) is 4.04. The Labute approximate surface area is 90.7 Å². The van der Waals surface area contributed by atoms with Gasteiger partial charge in [0.05, 0.1) is 6.10 Å². The average Bonchev–Trinajstić information content (AvgIpc) is 2.33. The molecule has 2 heterocycles. The summed E-state index contributed by atoms with van der Waals surface area (Å²) in [5, 5.41) is 0. The van der Waals surface area contributed by atoms with Crippen LogP contribution in [0.2, 0.25) is 0 Å². The second kappa shape index (κ2) is 5.24. The van der Waals surface area contributed by atoms with Crippen LogP contribution in [0.4, 0.5) is 0 Å². The molecule has 1 fully saturated rings. The van der Waals surface area contributed by atoms with E-state index in [9.17, 15) is 0 Å². The molecule has 2 atom stereocenters. The molecule has 2 rings (SSSR count). The van der Waals surface area contributed by atoms with Gasteiger partial charge >= 0.3 is 0 Å². The van der Waals surface area contributed by atoms with Crippen LogP contribution in [0.15, 0.2) is 24.5 Å². The average molecular weight is 206 g/mol. The first-order valence-corrected chi connectivity index (χ1v) is 5.63. The predicted molar refractivity (Wildman–Crippen MR) is 59.6 cm³/mol. The van der Waals surface area contributed by atoms with Gasteiger partial charge in [-0.2, -0.15) is 0 Å². The van der Waals surface area contributed by atoms with Crippen LogP contribution in [-0.2, 0) is 4.74 Å². The molecule has 0 amide bonds. The lowest BCUT2D eigenvalue weighted by Crippen LogP contribution is -2.31. The first-order valence-electron chi connectivity index (χ1n) is 5.63. The molecule has 0 aromatic carbocycles. The van der Waals surface area contributed by atoms with Gasteiger partial charge in [-0.05, 0) is 30.9 Å². The molecule has 3 nitrogen and oxygen atoms in total. The Bertz CT molecular complexity index is 283. The Kier molecular flexibility index (Phi) is 3.69. The Balaban J connectivity index is 2.09. The van der Waals surface area contributed by atoms with Gasteiger partial charge in [0, 0.05) is 31.5 Å². The maximum absolute atomic E-state index is 5.83. The first-order chi connectivity index (χ1) is 7.42. The standard InChI is InChI=1S/C12H18N2O/c13-8-11(10-4-3-6-14-9-10)12-5-1-2-7-15-12/h3-4,6,9,11-12H,1-2,5,7-8,13H2. The summed E-state index contributed by atoms with van der Waals surface area (Å²) in [5.41, 5.74) is 7.03. The summed E-state index contributed by atoms with van der Waals surface area (Å²) < 4.78 is 5.78. The summed E-state index contributed by atoms with van der Waals surface area (Å²) in [4.78, 5) is 4.14. The van der Waals surface area contributed by atoms with E-state index < -0.39 is 0 Å². The Hall–Kier alpha value is -0.930. The maximum atomic E-state index is 5.83. The van der Waals surface area contributed by atoms with Crippen LogP contribution in [0.1, 0.15) is 30.7 Å². The molecular formula is C12H18N2O. The van der Waals surface area contributed by atoms with Crippen LogP contribution >= 0.6 is 0 Å². The molecule has 0 bridgehead atoms. The van der Waals surface area contributed by atoms with Gasteiger partial charge in [0.2, 0.25) is 0 Å². The predicted octanol–water partition coefficient (Wildman–Crippen LogP) is 1.69. The number of ether oxygens (including phenoxy) is 1. The fourth-order valence-corrected chi connectivity index (χ4v) is 2.18. The molecule has 0 aliphatic carbocycles. The van der Waals surface area contributed by atoms with Gasteiger partial charge < -0.3 is 10.5 Å². The number of nitrogens with two attached hydrogens (primary N) is 1. The highest BCUT2D eigenvalue weighted by Crippen LogP contribution is 2.26. The minimum atomic E-state index is 0.285.